The third-order valence-corrected chi connectivity index (χ3v) is 13.7. The molecule has 9 nitrogen and oxygen atoms in total. The Hall–Kier alpha value is -1.75. The van der Waals surface area contributed by atoms with Gasteiger partial charge in [-0.25, -0.2) is 15.0 Å². The maximum absolute atomic E-state index is 12.7. The molecule has 3 unspecified atom stereocenters. The zero-order valence-corrected chi connectivity index (χ0v) is 22.4. The molecule has 1 amide bonds. The van der Waals surface area contributed by atoms with Crippen LogP contribution in [0.1, 0.15) is 43.8 Å². The molecule has 1 N–H and O–H groups in total. The number of nitrogens with one attached hydrogen (secondary N) is 1. The molecule has 186 valence electrons. The number of hydrogen-bond donors (Lipinski definition) is 1. The maximum Gasteiger partial charge on any atom is 0.256 e. The van der Waals surface area contributed by atoms with Gasteiger partial charge in [-0.2, -0.15) is 0 Å². The molecule has 2 aliphatic rings. The Labute approximate surface area is 213 Å². The second-order valence-corrected chi connectivity index (χ2v) is 15.0. The van der Waals surface area contributed by atoms with Crippen molar-refractivity contribution < 1.29 is 18.8 Å². The normalized spacial score (nSPS) is 30.7. The second kappa shape index (κ2) is 10.7. The van der Waals surface area contributed by atoms with Crippen molar-refractivity contribution in [2.45, 2.75) is 62.2 Å². The summed E-state index contributed by atoms with van der Waals surface area (Å²) in [4.78, 5) is 25.9. The van der Waals surface area contributed by atoms with E-state index in [1.54, 1.807) is 25.6 Å². The van der Waals surface area contributed by atoms with Crippen molar-refractivity contribution in [3.8, 4) is 0 Å². The Bertz CT molecular complexity index is 1180. The molecule has 2 aromatic heterocycles. The van der Waals surface area contributed by atoms with Crippen LogP contribution >= 0.6 is 29.3 Å². The number of fused-ring (bicyclic) bond motifs is 1. The van der Waals surface area contributed by atoms with Crippen LogP contribution < -0.4 is 5.32 Å². The van der Waals surface area contributed by atoms with Crippen molar-refractivity contribution in [3.05, 3.63) is 48.5 Å². The van der Waals surface area contributed by atoms with E-state index in [0.29, 0.717) is 33.0 Å². The number of imidazole rings is 1. The van der Waals surface area contributed by atoms with Crippen molar-refractivity contribution in [2.24, 2.45) is 0 Å². The minimum absolute atomic E-state index is 0.114. The number of aromatic nitrogens is 4. The summed E-state index contributed by atoms with van der Waals surface area (Å²) in [6, 6.07) is 8.99. The molecule has 4 heterocycles. The summed E-state index contributed by atoms with van der Waals surface area (Å²) in [5.74, 6) is 0.0866. The first-order chi connectivity index (χ1) is 17.0. The number of methoxy groups -OCH3 is 1. The highest BCUT2D eigenvalue weighted by Gasteiger charge is 2.49. The molecular formula is C23H28N5O4PS2. The van der Waals surface area contributed by atoms with E-state index >= 15 is 0 Å². The van der Waals surface area contributed by atoms with Gasteiger partial charge in [0.15, 0.2) is 29.8 Å². The first kappa shape index (κ1) is 24.9. The number of carbonyl (C=O) groups is 1. The van der Waals surface area contributed by atoms with Crippen LogP contribution in [0.4, 0.5) is 5.82 Å². The van der Waals surface area contributed by atoms with E-state index in [1.807, 2.05) is 45.5 Å². The molecule has 35 heavy (non-hydrogen) atoms. The summed E-state index contributed by atoms with van der Waals surface area (Å²) in [6.45, 7) is 5.92. The van der Waals surface area contributed by atoms with Crippen LogP contribution in [-0.2, 0) is 14.0 Å². The highest BCUT2D eigenvalue weighted by atomic mass is 33.1. The van der Waals surface area contributed by atoms with Gasteiger partial charge in [0.25, 0.3) is 5.91 Å². The molecule has 1 aromatic carbocycles. The lowest BCUT2D eigenvalue weighted by Crippen LogP contribution is -2.34. The third-order valence-electron chi connectivity index (χ3n) is 6.23. The van der Waals surface area contributed by atoms with E-state index in [-0.39, 0.29) is 24.2 Å². The van der Waals surface area contributed by atoms with Gasteiger partial charge in [0.1, 0.15) is 18.5 Å². The van der Waals surface area contributed by atoms with Crippen molar-refractivity contribution in [1.82, 2.24) is 19.5 Å². The van der Waals surface area contributed by atoms with Crippen molar-refractivity contribution in [2.75, 3.05) is 12.4 Å². The average molecular weight is 534 g/mol. The lowest BCUT2D eigenvalue weighted by molar-refractivity contribution is -0.0490. The number of amides is 1. The van der Waals surface area contributed by atoms with E-state index in [0.717, 1.165) is 6.42 Å². The molecule has 3 aromatic rings. The third kappa shape index (κ3) is 4.95. The number of nitrogens with zero attached hydrogens (tertiary/aromatic N) is 4. The van der Waals surface area contributed by atoms with Gasteiger partial charge in [0, 0.05) is 23.2 Å². The van der Waals surface area contributed by atoms with E-state index in [1.165, 1.54) is 6.33 Å². The SMILES string of the molecule is CC[C@H]1O[C@@H](n2cnc3c(NC(=O)c4ccccc4)ncnc32)[C@@H](OC)C1OP1SC(C)C(C)S1. The number of rotatable bonds is 7. The molecule has 12 heteroatoms. The molecular weight excluding hydrogens is 505 g/mol. The molecule has 0 saturated carbocycles. The molecule has 5 rings (SSSR count). The Balaban J connectivity index is 1.40. The van der Waals surface area contributed by atoms with Gasteiger partial charge in [0.2, 0.25) is 0 Å². The number of benzene rings is 1. The summed E-state index contributed by atoms with van der Waals surface area (Å²) in [5, 5.41) is 3.97. The first-order valence-corrected chi connectivity index (χ1v) is 15.8. The first-order valence-electron chi connectivity index (χ1n) is 11.5. The molecule has 6 atom stereocenters. The van der Waals surface area contributed by atoms with Crippen molar-refractivity contribution in [3.63, 3.8) is 0 Å². The fourth-order valence-corrected chi connectivity index (χ4v) is 13.1. The predicted molar refractivity (Wildman–Crippen MR) is 141 cm³/mol. The van der Waals surface area contributed by atoms with Gasteiger partial charge >= 0.3 is 0 Å². The van der Waals surface area contributed by atoms with Crippen molar-refractivity contribution in [1.29, 1.82) is 0 Å². The van der Waals surface area contributed by atoms with E-state index in [4.69, 9.17) is 14.0 Å². The largest absolute Gasteiger partial charge is 0.374 e. The summed E-state index contributed by atoms with van der Waals surface area (Å²) in [6.07, 6.45) is 2.77. The van der Waals surface area contributed by atoms with Crippen molar-refractivity contribution >= 4 is 52.2 Å². The molecule has 2 aliphatic heterocycles. The predicted octanol–water partition coefficient (Wildman–Crippen LogP) is 5.27. The summed E-state index contributed by atoms with van der Waals surface area (Å²) in [5.41, 5.74) is 1.58. The highest BCUT2D eigenvalue weighted by molar-refractivity contribution is 8.88. The van der Waals surface area contributed by atoms with Crippen LogP contribution in [0, 0.1) is 0 Å². The zero-order chi connectivity index (χ0) is 24.5. The Morgan fingerprint density at radius 1 is 1.14 bits per heavy atom. The van der Waals surface area contributed by atoms with Crippen LogP contribution in [0.3, 0.4) is 0 Å². The van der Waals surface area contributed by atoms with E-state index in [2.05, 4.69) is 41.0 Å². The van der Waals surface area contributed by atoms with Crippen LogP contribution in [-0.4, -0.2) is 61.3 Å². The molecule has 0 radical (unpaired) electrons. The van der Waals surface area contributed by atoms with Crippen LogP contribution in [0.25, 0.3) is 11.2 Å². The fraction of sp³-hybridized carbons (Fsp3) is 0.478. The summed E-state index contributed by atoms with van der Waals surface area (Å²) >= 11 is 3.81. The van der Waals surface area contributed by atoms with Gasteiger partial charge in [-0.15, -0.1) is 0 Å². The van der Waals surface area contributed by atoms with E-state index < -0.39 is 12.8 Å². The van der Waals surface area contributed by atoms with Gasteiger partial charge in [0.05, 0.1) is 12.4 Å². The molecule has 0 spiro atoms. The quantitative estimate of drug-likeness (QED) is 0.407. The minimum atomic E-state index is -0.673. The Morgan fingerprint density at radius 2 is 1.89 bits per heavy atom. The number of anilines is 1. The standard InChI is InChI=1S/C23H28N5O4PS2/c1-5-16-18(32-33-34-13(2)14(3)35-33)19(30-4)23(31-16)28-12-26-17-20(24-11-25-21(17)28)27-22(29)15-9-7-6-8-10-15/h6-14,16,18-19,23H,5H2,1-4H3,(H,24,25,27,29)/t13?,14?,16-,18?,19+,23-,33?/m1/s1. The number of ether oxygens (including phenoxy) is 2. The lowest BCUT2D eigenvalue weighted by Gasteiger charge is -2.25. The van der Waals surface area contributed by atoms with Crippen LogP contribution in [0.2, 0.25) is 0 Å². The van der Waals surface area contributed by atoms with Gasteiger partial charge in [-0.05, 0) is 18.6 Å². The molecule has 2 saturated heterocycles. The summed E-state index contributed by atoms with van der Waals surface area (Å²) < 4.78 is 20.8. The monoisotopic (exact) mass is 533 g/mol. The fourth-order valence-electron chi connectivity index (χ4n) is 4.15. The average Bonchev–Trinajstić information content (AvgIpc) is 3.54. The van der Waals surface area contributed by atoms with Gasteiger partial charge in [-0.3, -0.25) is 9.36 Å². The molecule has 0 aliphatic carbocycles. The molecule has 2 fully saturated rings. The smallest absolute Gasteiger partial charge is 0.256 e. The molecule has 0 bridgehead atoms. The van der Waals surface area contributed by atoms with Gasteiger partial charge < -0.3 is 19.3 Å². The van der Waals surface area contributed by atoms with E-state index in [9.17, 15) is 4.79 Å². The highest BCUT2D eigenvalue weighted by Crippen LogP contribution is 2.72. The zero-order valence-electron chi connectivity index (χ0n) is 19.9. The topological polar surface area (TPSA) is 100 Å². The second-order valence-electron chi connectivity index (χ2n) is 8.45. The van der Waals surface area contributed by atoms with Gasteiger partial charge in [-0.1, -0.05) is 61.7 Å². The van der Waals surface area contributed by atoms with Crippen LogP contribution in [0.5, 0.6) is 0 Å². The maximum atomic E-state index is 12.7. The Morgan fingerprint density at radius 3 is 2.57 bits per heavy atom. The number of carbonyl (C=O) groups excluding carboxylic acids is 1. The summed E-state index contributed by atoms with van der Waals surface area (Å²) in [7, 11) is 1.68. The van der Waals surface area contributed by atoms with Crippen LogP contribution in [0.15, 0.2) is 43.0 Å². The Kier molecular flexibility index (Phi) is 7.62. The minimum Gasteiger partial charge on any atom is -0.374 e. The lowest BCUT2D eigenvalue weighted by atomic mass is 10.1. The number of hydrogen-bond acceptors (Lipinski definition) is 9.